The van der Waals surface area contributed by atoms with Gasteiger partial charge in [0.1, 0.15) is 5.75 Å². The summed E-state index contributed by atoms with van der Waals surface area (Å²) in [6, 6.07) is 4.45. The standard InChI is InChI=1S/C14H12O6/c1-18-13(16)8-3-4-11-9(5-8)6-10(14(17)19-2)7-12(15)20-11/h3-6H,7H2,1-2H3. The molecule has 0 saturated heterocycles. The lowest BCUT2D eigenvalue weighted by atomic mass is 10.1. The molecule has 6 heteroatoms. The van der Waals surface area contributed by atoms with Gasteiger partial charge in [0.25, 0.3) is 0 Å². The van der Waals surface area contributed by atoms with Crippen LogP contribution in [0, 0.1) is 0 Å². The molecule has 1 heterocycles. The number of hydrogen-bond acceptors (Lipinski definition) is 6. The summed E-state index contributed by atoms with van der Waals surface area (Å²) >= 11 is 0. The monoisotopic (exact) mass is 276 g/mol. The van der Waals surface area contributed by atoms with E-state index in [1.165, 1.54) is 38.5 Å². The Bertz CT molecular complexity index is 614. The molecule has 0 spiro atoms. The molecule has 0 saturated carbocycles. The average molecular weight is 276 g/mol. The molecule has 1 aromatic rings. The lowest BCUT2D eigenvalue weighted by Gasteiger charge is -2.06. The molecule has 0 radical (unpaired) electrons. The minimum atomic E-state index is -0.613. The summed E-state index contributed by atoms with van der Waals surface area (Å²) < 4.78 is 14.3. The number of methoxy groups -OCH3 is 2. The first-order valence-corrected chi connectivity index (χ1v) is 5.77. The fraction of sp³-hybridized carbons (Fsp3) is 0.214. The molecule has 0 atom stereocenters. The van der Waals surface area contributed by atoms with E-state index in [1.807, 2.05) is 0 Å². The van der Waals surface area contributed by atoms with Crippen molar-refractivity contribution in [3.63, 3.8) is 0 Å². The Balaban J connectivity index is 2.50. The highest BCUT2D eigenvalue weighted by Crippen LogP contribution is 2.28. The summed E-state index contributed by atoms with van der Waals surface area (Å²) in [5, 5.41) is 0. The van der Waals surface area contributed by atoms with Crippen molar-refractivity contribution >= 4 is 24.0 Å². The molecule has 0 N–H and O–H groups in total. The van der Waals surface area contributed by atoms with Gasteiger partial charge in [-0.1, -0.05) is 0 Å². The third-order valence-electron chi connectivity index (χ3n) is 2.77. The van der Waals surface area contributed by atoms with Crippen LogP contribution in [0.5, 0.6) is 5.75 Å². The van der Waals surface area contributed by atoms with Gasteiger partial charge in [0.05, 0.1) is 26.2 Å². The van der Waals surface area contributed by atoms with Crippen molar-refractivity contribution in [1.29, 1.82) is 0 Å². The van der Waals surface area contributed by atoms with Crippen molar-refractivity contribution < 1.29 is 28.6 Å². The highest BCUT2D eigenvalue weighted by Gasteiger charge is 2.22. The van der Waals surface area contributed by atoms with Crippen molar-refractivity contribution in [2.24, 2.45) is 0 Å². The van der Waals surface area contributed by atoms with Gasteiger partial charge in [0, 0.05) is 11.1 Å². The maximum atomic E-state index is 11.6. The van der Waals surface area contributed by atoms with Crippen LogP contribution in [-0.2, 0) is 19.1 Å². The molecule has 0 aromatic heterocycles. The predicted molar refractivity (Wildman–Crippen MR) is 68.0 cm³/mol. The fourth-order valence-corrected chi connectivity index (χ4v) is 1.81. The number of ether oxygens (including phenoxy) is 3. The molecule has 6 nitrogen and oxygen atoms in total. The molecule has 0 fully saturated rings. The van der Waals surface area contributed by atoms with Gasteiger partial charge in [-0.05, 0) is 24.3 Å². The SMILES string of the molecule is COC(=O)C1=Cc2cc(C(=O)OC)ccc2OC(=O)C1. The maximum Gasteiger partial charge on any atom is 0.337 e. The molecule has 2 rings (SSSR count). The third kappa shape index (κ3) is 2.69. The van der Waals surface area contributed by atoms with Crippen molar-refractivity contribution in [2.45, 2.75) is 6.42 Å². The van der Waals surface area contributed by atoms with E-state index in [0.717, 1.165) is 0 Å². The van der Waals surface area contributed by atoms with E-state index < -0.39 is 17.9 Å². The number of carbonyl (C=O) groups excluding carboxylic acids is 3. The Morgan fingerprint density at radius 1 is 1.15 bits per heavy atom. The summed E-state index contributed by atoms with van der Waals surface area (Å²) in [6.45, 7) is 0. The number of carbonyl (C=O) groups is 3. The number of fused-ring (bicyclic) bond motifs is 1. The number of hydrogen-bond donors (Lipinski definition) is 0. The van der Waals surface area contributed by atoms with Crippen LogP contribution in [-0.4, -0.2) is 32.1 Å². The van der Waals surface area contributed by atoms with Crippen LogP contribution in [0.2, 0.25) is 0 Å². The van der Waals surface area contributed by atoms with E-state index in [0.29, 0.717) is 11.1 Å². The van der Waals surface area contributed by atoms with E-state index in [9.17, 15) is 14.4 Å². The molecule has 0 amide bonds. The largest absolute Gasteiger partial charge is 0.466 e. The van der Waals surface area contributed by atoms with E-state index in [2.05, 4.69) is 9.47 Å². The zero-order chi connectivity index (χ0) is 14.7. The second-order valence-electron chi connectivity index (χ2n) is 4.06. The molecule has 1 aliphatic heterocycles. The summed E-state index contributed by atoms with van der Waals surface area (Å²) in [5.41, 5.74) is 0.905. The van der Waals surface area contributed by atoms with Gasteiger partial charge in [-0.25, -0.2) is 9.59 Å². The van der Waals surface area contributed by atoms with E-state index in [1.54, 1.807) is 0 Å². The lowest BCUT2D eigenvalue weighted by molar-refractivity contribution is -0.139. The fourth-order valence-electron chi connectivity index (χ4n) is 1.81. The molecule has 1 aromatic carbocycles. The van der Waals surface area contributed by atoms with Crippen LogP contribution >= 0.6 is 0 Å². The first-order chi connectivity index (χ1) is 9.55. The molecule has 1 aliphatic rings. The second kappa shape index (κ2) is 5.56. The van der Waals surface area contributed by atoms with Gasteiger partial charge in [0.15, 0.2) is 0 Å². The van der Waals surface area contributed by atoms with Crippen LogP contribution in [0.1, 0.15) is 22.3 Å². The Labute approximate surface area is 114 Å². The Morgan fingerprint density at radius 3 is 2.50 bits per heavy atom. The molecular formula is C14H12O6. The minimum Gasteiger partial charge on any atom is -0.466 e. The quantitative estimate of drug-likeness (QED) is 0.599. The maximum absolute atomic E-state index is 11.6. The lowest BCUT2D eigenvalue weighted by Crippen LogP contribution is -2.12. The third-order valence-corrected chi connectivity index (χ3v) is 2.77. The summed E-state index contributed by atoms with van der Waals surface area (Å²) in [4.78, 5) is 34.6. The smallest absolute Gasteiger partial charge is 0.337 e. The van der Waals surface area contributed by atoms with Crippen LogP contribution in [0.4, 0.5) is 0 Å². The van der Waals surface area contributed by atoms with Gasteiger partial charge >= 0.3 is 17.9 Å². The topological polar surface area (TPSA) is 78.9 Å². The van der Waals surface area contributed by atoms with Crippen molar-refractivity contribution in [1.82, 2.24) is 0 Å². The van der Waals surface area contributed by atoms with Crippen molar-refractivity contribution in [2.75, 3.05) is 14.2 Å². The van der Waals surface area contributed by atoms with Crippen LogP contribution < -0.4 is 4.74 Å². The van der Waals surface area contributed by atoms with Gasteiger partial charge in [-0.2, -0.15) is 0 Å². The summed E-state index contributed by atoms with van der Waals surface area (Å²) in [7, 11) is 2.49. The van der Waals surface area contributed by atoms with Gasteiger partial charge in [-0.15, -0.1) is 0 Å². The summed E-state index contributed by atoms with van der Waals surface area (Å²) in [5.74, 6) is -1.41. The highest BCUT2D eigenvalue weighted by atomic mass is 16.5. The first kappa shape index (κ1) is 13.8. The molecule has 0 aliphatic carbocycles. The van der Waals surface area contributed by atoms with Gasteiger partial charge in [-0.3, -0.25) is 4.79 Å². The van der Waals surface area contributed by atoms with E-state index >= 15 is 0 Å². The molecule has 0 unspecified atom stereocenters. The summed E-state index contributed by atoms with van der Waals surface area (Å²) in [6.07, 6.45) is 1.29. The van der Waals surface area contributed by atoms with Crippen LogP contribution in [0.3, 0.4) is 0 Å². The first-order valence-electron chi connectivity index (χ1n) is 5.77. The zero-order valence-electron chi connectivity index (χ0n) is 11.0. The molecule has 0 bridgehead atoms. The Hall–Kier alpha value is -2.63. The normalized spacial score (nSPS) is 13.5. The second-order valence-corrected chi connectivity index (χ2v) is 4.06. The molecular weight excluding hydrogens is 264 g/mol. The number of benzene rings is 1. The van der Waals surface area contributed by atoms with Crippen LogP contribution in [0.15, 0.2) is 23.8 Å². The average Bonchev–Trinajstić information content (AvgIpc) is 2.62. The van der Waals surface area contributed by atoms with Crippen LogP contribution in [0.25, 0.3) is 6.08 Å². The predicted octanol–water partition coefficient (Wildman–Crippen LogP) is 1.34. The molecule has 20 heavy (non-hydrogen) atoms. The Kier molecular flexibility index (Phi) is 3.84. The van der Waals surface area contributed by atoms with E-state index in [4.69, 9.17) is 4.74 Å². The zero-order valence-corrected chi connectivity index (χ0v) is 11.0. The minimum absolute atomic E-state index is 0.165. The van der Waals surface area contributed by atoms with E-state index in [-0.39, 0.29) is 17.7 Å². The van der Waals surface area contributed by atoms with Crippen molar-refractivity contribution in [3.8, 4) is 5.75 Å². The highest BCUT2D eigenvalue weighted by molar-refractivity contribution is 6.01. The van der Waals surface area contributed by atoms with Gasteiger partial charge < -0.3 is 14.2 Å². The van der Waals surface area contributed by atoms with Crippen molar-refractivity contribution in [3.05, 3.63) is 34.9 Å². The van der Waals surface area contributed by atoms with Gasteiger partial charge in [0.2, 0.25) is 0 Å². The number of rotatable bonds is 2. The molecule has 104 valence electrons. The Morgan fingerprint density at radius 2 is 1.85 bits per heavy atom. The number of esters is 3.